The van der Waals surface area contributed by atoms with Crippen LogP contribution in [0.1, 0.15) is 25.3 Å². The predicted octanol–water partition coefficient (Wildman–Crippen LogP) is 2.05. The molecule has 6 rings (SSSR count). The summed E-state index contributed by atoms with van der Waals surface area (Å²) in [6, 6.07) is 6.61. The van der Waals surface area contributed by atoms with E-state index in [0.717, 1.165) is 48.6 Å². The van der Waals surface area contributed by atoms with Crippen LogP contribution in [0.5, 0.6) is 5.75 Å². The van der Waals surface area contributed by atoms with Gasteiger partial charge in [0, 0.05) is 24.2 Å². The zero-order valence-electron chi connectivity index (χ0n) is 15.9. The summed E-state index contributed by atoms with van der Waals surface area (Å²) in [4.78, 5) is 15.6. The molecule has 4 heterocycles. The number of epoxide rings is 1. The average molecular weight is 368 g/mol. The molecule has 5 aliphatic rings. The third kappa shape index (κ3) is 1.64. The largest absolute Gasteiger partial charge is 0.495 e. The van der Waals surface area contributed by atoms with Crippen LogP contribution >= 0.6 is 0 Å². The molecule has 27 heavy (non-hydrogen) atoms. The quantitative estimate of drug-likeness (QED) is 0.637. The van der Waals surface area contributed by atoms with E-state index >= 15 is 0 Å². The summed E-state index contributed by atoms with van der Waals surface area (Å²) in [6.07, 6.45) is 2.11. The van der Waals surface area contributed by atoms with E-state index in [2.05, 4.69) is 29.3 Å². The Kier molecular flexibility index (Phi) is 2.87. The smallest absolute Gasteiger partial charge is 0.335 e. The number of hydrogen-bond donors (Lipinski definition) is 1. The number of carbonyl (C=O) groups is 1. The van der Waals surface area contributed by atoms with Gasteiger partial charge in [0.15, 0.2) is 0 Å². The van der Waals surface area contributed by atoms with E-state index in [-0.39, 0.29) is 29.0 Å². The summed E-state index contributed by atoms with van der Waals surface area (Å²) in [5.41, 5.74) is 3.65. The van der Waals surface area contributed by atoms with Crippen LogP contribution < -0.4 is 10.1 Å². The third-order valence-corrected chi connectivity index (χ3v) is 7.78. The van der Waals surface area contributed by atoms with Gasteiger partial charge in [-0.25, -0.2) is 4.79 Å². The van der Waals surface area contributed by atoms with E-state index < -0.39 is 0 Å². The molecule has 0 saturated carbocycles. The molecule has 1 aliphatic carbocycles. The highest BCUT2D eigenvalue weighted by molar-refractivity contribution is 5.94. The molecule has 0 aromatic heterocycles. The number of anilines is 1. The minimum Gasteiger partial charge on any atom is -0.495 e. The number of ether oxygens (including phenoxy) is 3. The number of esters is 1. The van der Waals surface area contributed by atoms with E-state index in [1.54, 1.807) is 7.11 Å². The van der Waals surface area contributed by atoms with Gasteiger partial charge in [-0.1, -0.05) is 12.1 Å². The second-order valence-corrected chi connectivity index (χ2v) is 8.50. The summed E-state index contributed by atoms with van der Waals surface area (Å²) in [5.74, 6) is 0.677. The van der Waals surface area contributed by atoms with Crippen LogP contribution in [0.15, 0.2) is 29.5 Å². The number of nitrogens with zero attached hydrogens (tertiary/aromatic N) is 1. The minimum absolute atomic E-state index is 0.0789. The van der Waals surface area contributed by atoms with Crippen molar-refractivity contribution in [3.8, 4) is 5.75 Å². The van der Waals surface area contributed by atoms with Gasteiger partial charge in [0.05, 0.1) is 37.0 Å². The second-order valence-electron chi connectivity index (χ2n) is 8.50. The van der Waals surface area contributed by atoms with Crippen LogP contribution in [0.3, 0.4) is 0 Å². The molecule has 0 radical (unpaired) electrons. The Balaban J connectivity index is 1.64. The molecule has 3 fully saturated rings. The van der Waals surface area contributed by atoms with Crippen molar-refractivity contribution in [1.82, 2.24) is 4.90 Å². The van der Waals surface area contributed by atoms with Gasteiger partial charge in [-0.2, -0.15) is 0 Å². The van der Waals surface area contributed by atoms with Crippen LogP contribution in [0, 0.1) is 5.92 Å². The highest BCUT2D eigenvalue weighted by Gasteiger charge is 2.72. The lowest BCUT2D eigenvalue weighted by Gasteiger charge is -2.50. The Morgan fingerprint density at radius 1 is 1.37 bits per heavy atom. The average Bonchev–Trinajstić information content (AvgIpc) is 3.04. The van der Waals surface area contributed by atoms with Crippen LogP contribution in [0.4, 0.5) is 5.69 Å². The van der Waals surface area contributed by atoms with E-state index in [9.17, 15) is 4.79 Å². The number of fused-ring (bicyclic) bond motifs is 3. The molecule has 6 nitrogen and oxygen atoms in total. The highest BCUT2D eigenvalue weighted by Crippen LogP contribution is 2.66. The number of carbonyl (C=O) groups excluding carboxylic acids is 1. The number of piperidine rings is 1. The summed E-state index contributed by atoms with van der Waals surface area (Å²) >= 11 is 0. The maximum atomic E-state index is 13.0. The molecule has 0 unspecified atom stereocenters. The second kappa shape index (κ2) is 4.86. The lowest BCUT2D eigenvalue weighted by atomic mass is 9.60. The first-order valence-electron chi connectivity index (χ1n) is 9.76. The Hall–Kier alpha value is -2.05. The zero-order valence-corrected chi connectivity index (χ0v) is 15.9. The van der Waals surface area contributed by atoms with Crippen LogP contribution in [0.25, 0.3) is 0 Å². The van der Waals surface area contributed by atoms with Crippen molar-refractivity contribution < 1.29 is 19.0 Å². The number of hydrogen-bond acceptors (Lipinski definition) is 6. The SMILES string of the molecule is COC(=O)C1=C2Nc3c(OC)cccc3[C@@]23CCN2C[C@]4(O[C@@H]4C)[C@@H]1C[C@H]23. The molecule has 1 aromatic rings. The first kappa shape index (κ1) is 16.0. The molecular formula is C21H24N2O4. The lowest BCUT2D eigenvalue weighted by Crippen LogP contribution is -2.59. The van der Waals surface area contributed by atoms with Crippen molar-refractivity contribution in [1.29, 1.82) is 0 Å². The van der Waals surface area contributed by atoms with Gasteiger partial charge in [-0.15, -0.1) is 0 Å². The fraction of sp³-hybridized carbons (Fsp3) is 0.571. The van der Waals surface area contributed by atoms with Crippen LogP contribution in [-0.4, -0.2) is 55.9 Å². The Labute approximate surface area is 158 Å². The van der Waals surface area contributed by atoms with Crippen molar-refractivity contribution in [2.75, 3.05) is 32.6 Å². The standard InChI is InChI=1S/C21H24N2O4/c1-11-21(27-11)10-23-8-7-20-12-5-4-6-14(25-2)17(12)22-18(20)16(19(24)26-3)13(21)9-15(20)23/h4-6,11,13,15,22H,7-10H2,1-3H3/t11-,13-,15+,20-,21-/m1/s1. The molecule has 2 spiro atoms. The molecule has 5 atom stereocenters. The van der Waals surface area contributed by atoms with Crippen molar-refractivity contribution in [3.05, 3.63) is 35.0 Å². The number of nitrogens with one attached hydrogen (secondary N) is 1. The molecular weight excluding hydrogens is 344 g/mol. The highest BCUT2D eigenvalue weighted by atomic mass is 16.6. The fourth-order valence-electron chi connectivity index (χ4n) is 6.55. The van der Waals surface area contributed by atoms with Crippen LogP contribution in [-0.2, 0) is 19.7 Å². The minimum atomic E-state index is -0.246. The van der Waals surface area contributed by atoms with Gasteiger partial charge >= 0.3 is 5.97 Å². The van der Waals surface area contributed by atoms with E-state index in [1.807, 2.05) is 6.07 Å². The molecule has 142 valence electrons. The maximum Gasteiger partial charge on any atom is 0.335 e. The first-order chi connectivity index (χ1) is 13.1. The zero-order chi connectivity index (χ0) is 18.6. The Morgan fingerprint density at radius 3 is 2.89 bits per heavy atom. The van der Waals surface area contributed by atoms with Gasteiger partial charge in [-0.05, 0) is 37.9 Å². The molecule has 1 N–H and O–H groups in total. The summed E-state index contributed by atoms with van der Waals surface area (Å²) in [6.45, 7) is 4.04. The van der Waals surface area contributed by atoms with Gasteiger partial charge in [0.1, 0.15) is 11.4 Å². The third-order valence-electron chi connectivity index (χ3n) is 7.78. The van der Waals surface area contributed by atoms with Crippen molar-refractivity contribution in [2.45, 2.75) is 42.9 Å². The number of para-hydroxylation sites is 1. The van der Waals surface area contributed by atoms with Gasteiger partial charge in [0.2, 0.25) is 0 Å². The number of rotatable bonds is 2. The normalized spacial score (nSPS) is 40.5. The van der Waals surface area contributed by atoms with E-state index in [4.69, 9.17) is 14.2 Å². The first-order valence-corrected chi connectivity index (χ1v) is 9.76. The van der Waals surface area contributed by atoms with Gasteiger partial charge in [0.25, 0.3) is 0 Å². The summed E-state index contributed by atoms with van der Waals surface area (Å²) in [5, 5.41) is 3.62. The maximum absolute atomic E-state index is 13.0. The number of methoxy groups -OCH3 is 2. The molecule has 2 bridgehead atoms. The topological polar surface area (TPSA) is 63.3 Å². The fourth-order valence-corrected chi connectivity index (χ4v) is 6.55. The predicted molar refractivity (Wildman–Crippen MR) is 98.7 cm³/mol. The Bertz CT molecular complexity index is 911. The van der Waals surface area contributed by atoms with E-state index in [1.165, 1.54) is 12.7 Å². The summed E-state index contributed by atoms with van der Waals surface area (Å²) < 4.78 is 17.0. The molecule has 6 heteroatoms. The van der Waals surface area contributed by atoms with Gasteiger partial charge in [-0.3, -0.25) is 4.90 Å². The molecule has 4 aliphatic heterocycles. The monoisotopic (exact) mass is 368 g/mol. The van der Waals surface area contributed by atoms with Crippen molar-refractivity contribution in [3.63, 3.8) is 0 Å². The molecule has 3 saturated heterocycles. The van der Waals surface area contributed by atoms with E-state index in [0.29, 0.717) is 6.04 Å². The Morgan fingerprint density at radius 2 is 2.19 bits per heavy atom. The summed E-state index contributed by atoms with van der Waals surface area (Å²) in [7, 11) is 3.17. The lowest BCUT2D eigenvalue weighted by molar-refractivity contribution is -0.138. The van der Waals surface area contributed by atoms with Crippen LogP contribution in [0.2, 0.25) is 0 Å². The van der Waals surface area contributed by atoms with Crippen molar-refractivity contribution >= 4 is 11.7 Å². The molecule has 0 amide bonds. The van der Waals surface area contributed by atoms with Gasteiger partial charge < -0.3 is 19.5 Å². The molecule has 1 aromatic carbocycles. The van der Waals surface area contributed by atoms with Crippen molar-refractivity contribution in [2.24, 2.45) is 5.92 Å². The number of benzene rings is 1.